The first-order valence-electron chi connectivity index (χ1n) is 9.22. The highest BCUT2D eigenvalue weighted by Crippen LogP contribution is 2.59. The summed E-state index contributed by atoms with van der Waals surface area (Å²) in [6.07, 6.45) is 3.56. The Morgan fingerprint density at radius 2 is 1.81 bits per heavy atom. The number of nitrogens with two attached hydrogens (primary N) is 1. The van der Waals surface area contributed by atoms with Crippen LogP contribution in [0, 0.1) is 17.3 Å². The average molecular weight is 399 g/mol. The van der Waals surface area contributed by atoms with Gasteiger partial charge in [-0.1, -0.05) is 23.2 Å². The molecule has 1 aromatic rings. The van der Waals surface area contributed by atoms with Gasteiger partial charge in [0.1, 0.15) is 5.75 Å². The molecule has 5 nitrogen and oxygen atoms in total. The van der Waals surface area contributed by atoms with Gasteiger partial charge in [0.15, 0.2) is 0 Å². The number of phenolic OH excluding ortho intramolecular Hbond substituents is 1. The SMILES string of the molecule is N[C@@H](c1cc(Cl)c(Cl)cc1O)C1CCN(C(=O)C23CC(C2)[C@@H](O)C3)CC1. The van der Waals surface area contributed by atoms with Crippen LogP contribution in [0.4, 0.5) is 0 Å². The van der Waals surface area contributed by atoms with Gasteiger partial charge >= 0.3 is 0 Å². The summed E-state index contributed by atoms with van der Waals surface area (Å²) in [5.74, 6) is 0.755. The second-order valence-electron chi connectivity index (χ2n) is 8.20. The molecule has 1 saturated heterocycles. The minimum atomic E-state index is -0.346. The van der Waals surface area contributed by atoms with Crippen LogP contribution in [-0.4, -0.2) is 40.2 Å². The Kier molecular flexibility index (Phi) is 4.63. The summed E-state index contributed by atoms with van der Waals surface area (Å²) in [6, 6.07) is 2.71. The van der Waals surface area contributed by atoms with E-state index in [0.29, 0.717) is 41.0 Å². The van der Waals surface area contributed by atoms with Gasteiger partial charge < -0.3 is 20.8 Å². The lowest BCUT2D eigenvalue weighted by Gasteiger charge is -2.43. The zero-order valence-corrected chi connectivity index (χ0v) is 16.0. The molecule has 5 rings (SSSR count). The third-order valence-electron chi connectivity index (χ3n) is 6.67. The normalized spacial score (nSPS) is 32.4. The van der Waals surface area contributed by atoms with Gasteiger partial charge in [-0.15, -0.1) is 0 Å². The molecule has 7 heteroatoms. The highest BCUT2D eigenvalue weighted by Gasteiger charge is 2.60. The van der Waals surface area contributed by atoms with E-state index in [1.165, 1.54) is 6.07 Å². The third-order valence-corrected chi connectivity index (χ3v) is 7.39. The number of aliphatic hydroxyl groups is 1. The van der Waals surface area contributed by atoms with E-state index in [2.05, 4.69) is 0 Å². The first-order chi connectivity index (χ1) is 12.3. The molecule has 1 heterocycles. The van der Waals surface area contributed by atoms with Crippen molar-refractivity contribution in [2.45, 2.75) is 44.2 Å². The van der Waals surface area contributed by atoms with Crippen molar-refractivity contribution < 1.29 is 15.0 Å². The van der Waals surface area contributed by atoms with Crippen LogP contribution < -0.4 is 5.73 Å². The number of benzene rings is 1. The Hall–Kier alpha value is -1.01. The standard InChI is InChI=1S/C19H24Cl2N2O3/c20-13-5-12(15(24)6-14(13)21)17(22)10-1-3-23(4-2-10)18(26)19-7-11(8-19)16(25)9-19/h5-6,10-11,16-17,24-25H,1-4,7-9,22H2/t11?,16-,17+,19?/m0/s1. The molecule has 26 heavy (non-hydrogen) atoms. The third kappa shape index (κ3) is 2.89. The van der Waals surface area contributed by atoms with Crippen molar-refractivity contribution in [3.8, 4) is 5.75 Å². The summed E-state index contributed by atoms with van der Waals surface area (Å²) in [6.45, 7) is 1.34. The van der Waals surface area contributed by atoms with Crippen molar-refractivity contribution in [1.29, 1.82) is 0 Å². The van der Waals surface area contributed by atoms with E-state index in [0.717, 1.165) is 25.7 Å². The molecule has 4 fully saturated rings. The quantitative estimate of drug-likeness (QED) is 0.729. The van der Waals surface area contributed by atoms with Gasteiger partial charge in [0.05, 0.1) is 21.6 Å². The van der Waals surface area contributed by atoms with Gasteiger partial charge in [-0.25, -0.2) is 0 Å². The molecule has 1 amide bonds. The fourth-order valence-corrected chi connectivity index (χ4v) is 5.41. The molecule has 4 aliphatic rings. The number of hydrogen-bond acceptors (Lipinski definition) is 4. The summed E-state index contributed by atoms with van der Waals surface area (Å²) in [4.78, 5) is 14.8. The van der Waals surface area contributed by atoms with Gasteiger partial charge in [0.25, 0.3) is 0 Å². The van der Waals surface area contributed by atoms with Gasteiger partial charge in [0.2, 0.25) is 5.91 Å². The van der Waals surface area contributed by atoms with Crippen molar-refractivity contribution in [1.82, 2.24) is 4.90 Å². The van der Waals surface area contributed by atoms with Crippen molar-refractivity contribution in [3.05, 3.63) is 27.7 Å². The summed E-state index contributed by atoms with van der Waals surface area (Å²) >= 11 is 12.0. The zero-order valence-electron chi connectivity index (χ0n) is 14.5. The number of fused-ring (bicyclic) bond motifs is 1. The van der Waals surface area contributed by atoms with Gasteiger partial charge in [0, 0.05) is 30.8 Å². The predicted molar refractivity (Wildman–Crippen MR) is 100 cm³/mol. The largest absolute Gasteiger partial charge is 0.508 e. The highest BCUT2D eigenvalue weighted by molar-refractivity contribution is 6.42. The number of amides is 1. The fraction of sp³-hybridized carbons (Fsp3) is 0.632. The average Bonchev–Trinajstić information content (AvgIpc) is 3.10. The summed E-state index contributed by atoms with van der Waals surface area (Å²) in [7, 11) is 0. The highest BCUT2D eigenvalue weighted by atomic mass is 35.5. The van der Waals surface area contributed by atoms with Crippen LogP contribution in [0.3, 0.4) is 0 Å². The molecule has 0 spiro atoms. The molecule has 0 unspecified atom stereocenters. The van der Waals surface area contributed by atoms with Crippen molar-refractivity contribution >= 4 is 29.1 Å². The number of phenols is 1. The lowest BCUT2D eigenvalue weighted by molar-refractivity contribution is -0.148. The number of halogens is 2. The van der Waals surface area contributed by atoms with E-state index in [4.69, 9.17) is 28.9 Å². The van der Waals surface area contributed by atoms with Crippen molar-refractivity contribution in [2.24, 2.45) is 23.0 Å². The van der Waals surface area contributed by atoms with Crippen molar-refractivity contribution in [2.75, 3.05) is 13.1 Å². The molecule has 2 bridgehead atoms. The molecule has 0 radical (unpaired) electrons. The maximum Gasteiger partial charge on any atom is 0.228 e. The van der Waals surface area contributed by atoms with Gasteiger partial charge in [-0.3, -0.25) is 4.79 Å². The molecule has 2 atom stereocenters. The molecular weight excluding hydrogens is 375 g/mol. The molecule has 142 valence electrons. The maximum atomic E-state index is 12.9. The Bertz CT molecular complexity index is 728. The molecule has 1 aliphatic heterocycles. The van der Waals surface area contributed by atoms with E-state index < -0.39 is 0 Å². The lowest BCUT2D eigenvalue weighted by atomic mass is 9.68. The first-order valence-corrected chi connectivity index (χ1v) is 9.97. The molecule has 3 saturated carbocycles. The number of piperidine rings is 1. The van der Waals surface area contributed by atoms with E-state index in [1.807, 2.05) is 4.90 Å². The Labute approximate surface area is 163 Å². The van der Waals surface area contributed by atoms with E-state index in [1.54, 1.807) is 6.07 Å². The number of carbonyl (C=O) groups excluding carboxylic acids is 1. The second kappa shape index (κ2) is 6.55. The molecule has 3 aliphatic carbocycles. The lowest BCUT2D eigenvalue weighted by Crippen LogP contribution is -2.50. The summed E-state index contributed by atoms with van der Waals surface area (Å²) < 4.78 is 0. The minimum Gasteiger partial charge on any atom is -0.508 e. The number of hydrogen-bond donors (Lipinski definition) is 3. The van der Waals surface area contributed by atoms with Crippen molar-refractivity contribution in [3.63, 3.8) is 0 Å². The smallest absolute Gasteiger partial charge is 0.228 e. The molecule has 1 aromatic carbocycles. The second-order valence-corrected chi connectivity index (χ2v) is 9.02. The fourth-order valence-electron chi connectivity index (χ4n) is 5.08. The van der Waals surface area contributed by atoms with E-state index in [-0.39, 0.29) is 35.1 Å². The Morgan fingerprint density at radius 1 is 1.19 bits per heavy atom. The zero-order chi connectivity index (χ0) is 18.6. The maximum absolute atomic E-state index is 12.9. The number of nitrogens with zero attached hydrogens (tertiary/aromatic N) is 1. The first kappa shape index (κ1) is 18.4. The van der Waals surface area contributed by atoms with E-state index >= 15 is 0 Å². The van der Waals surface area contributed by atoms with E-state index in [9.17, 15) is 15.0 Å². The summed E-state index contributed by atoms with van der Waals surface area (Å²) in [5.41, 5.74) is 6.68. The number of rotatable bonds is 3. The van der Waals surface area contributed by atoms with Crippen LogP contribution >= 0.6 is 23.2 Å². The van der Waals surface area contributed by atoms with Crippen LogP contribution in [0.15, 0.2) is 12.1 Å². The Balaban J connectivity index is 1.39. The molecule has 0 aromatic heterocycles. The number of likely N-dealkylation sites (tertiary alicyclic amines) is 1. The topological polar surface area (TPSA) is 86.8 Å². The Morgan fingerprint density at radius 3 is 2.38 bits per heavy atom. The number of carbonyl (C=O) groups is 1. The number of aliphatic hydroxyl groups excluding tert-OH is 1. The monoisotopic (exact) mass is 398 g/mol. The van der Waals surface area contributed by atoms with Crippen LogP contribution in [0.25, 0.3) is 0 Å². The van der Waals surface area contributed by atoms with Crippen LogP contribution in [0.5, 0.6) is 5.75 Å². The van der Waals surface area contributed by atoms with Gasteiger partial charge in [-0.05, 0) is 50.0 Å². The molecule has 4 N–H and O–H groups in total. The van der Waals surface area contributed by atoms with Crippen LogP contribution in [0.2, 0.25) is 10.0 Å². The molecular formula is C19H24Cl2N2O3. The van der Waals surface area contributed by atoms with Gasteiger partial charge in [-0.2, -0.15) is 0 Å². The summed E-state index contributed by atoms with van der Waals surface area (Å²) in [5, 5.41) is 20.8. The van der Waals surface area contributed by atoms with Crippen LogP contribution in [-0.2, 0) is 4.79 Å². The number of aromatic hydroxyl groups is 1. The minimum absolute atomic E-state index is 0.0600. The predicted octanol–water partition coefficient (Wildman–Crippen LogP) is 3.10. The van der Waals surface area contributed by atoms with Crippen LogP contribution in [0.1, 0.15) is 43.7 Å².